The number of carbonyl (C=O) groups is 1. The number of rotatable bonds is 5. The lowest BCUT2D eigenvalue weighted by Gasteiger charge is -2.23. The van der Waals surface area contributed by atoms with E-state index in [1.807, 2.05) is 6.07 Å². The van der Waals surface area contributed by atoms with Crippen molar-refractivity contribution in [2.75, 3.05) is 6.54 Å². The van der Waals surface area contributed by atoms with Gasteiger partial charge in [-0.05, 0) is 31.4 Å². The summed E-state index contributed by atoms with van der Waals surface area (Å²) < 4.78 is 26.6. The Balaban J connectivity index is 2.22. The van der Waals surface area contributed by atoms with Crippen LogP contribution in [0.25, 0.3) is 0 Å². The fourth-order valence-corrected chi connectivity index (χ4v) is 4.60. The Hall–Kier alpha value is -1.71. The van der Waals surface area contributed by atoms with Crippen molar-refractivity contribution in [3.05, 3.63) is 35.4 Å². The topological polar surface area (TPSA) is 78.2 Å². The molecule has 1 aromatic carbocycles. The minimum atomic E-state index is -3.51. The van der Waals surface area contributed by atoms with Gasteiger partial charge in [-0.3, -0.25) is 4.79 Å². The number of ketones is 1. The van der Waals surface area contributed by atoms with Gasteiger partial charge in [-0.1, -0.05) is 18.2 Å². The minimum Gasteiger partial charge on any atom is -0.300 e. The molecule has 0 bridgehead atoms. The third-order valence-corrected chi connectivity index (χ3v) is 5.55. The molecule has 1 aliphatic rings. The Morgan fingerprint density at radius 2 is 2.14 bits per heavy atom. The molecule has 6 heteroatoms. The Morgan fingerprint density at radius 3 is 2.81 bits per heavy atom. The van der Waals surface area contributed by atoms with E-state index in [1.54, 1.807) is 24.3 Å². The molecule has 1 atom stereocenters. The lowest BCUT2D eigenvalue weighted by molar-refractivity contribution is -0.117. The number of hydrogen-bond donors (Lipinski definition) is 0. The maximum atomic E-state index is 12.6. The quantitative estimate of drug-likeness (QED) is 0.831. The van der Waals surface area contributed by atoms with Crippen LogP contribution in [0, 0.1) is 11.3 Å². The van der Waals surface area contributed by atoms with Crippen molar-refractivity contribution in [1.82, 2.24) is 4.31 Å². The van der Waals surface area contributed by atoms with Crippen LogP contribution in [-0.2, 0) is 20.6 Å². The molecule has 0 spiro atoms. The van der Waals surface area contributed by atoms with E-state index in [-0.39, 0.29) is 24.0 Å². The van der Waals surface area contributed by atoms with E-state index in [0.717, 1.165) is 12.8 Å². The normalized spacial score (nSPS) is 19.3. The van der Waals surface area contributed by atoms with Gasteiger partial charge in [0.25, 0.3) is 0 Å². The highest BCUT2D eigenvalue weighted by Crippen LogP contribution is 2.26. The summed E-state index contributed by atoms with van der Waals surface area (Å²) in [5.74, 6) is -0.190. The zero-order valence-electron chi connectivity index (χ0n) is 11.9. The third-order valence-electron chi connectivity index (χ3n) is 3.68. The first-order valence-corrected chi connectivity index (χ1v) is 8.52. The Kier molecular flexibility index (Phi) is 4.76. The molecule has 2 rings (SSSR count). The second-order valence-electron chi connectivity index (χ2n) is 5.34. The molecular formula is C15H18N2O3S. The highest BCUT2D eigenvalue weighted by Gasteiger charge is 2.34. The highest BCUT2D eigenvalue weighted by molar-refractivity contribution is 7.88. The Morgan fingerprint density at radius 1 is 1.43 bits per heavy atom. The van der Waals surface area contributed by atoms with Gasteiger partial charge in [0.05, 0.1) is 17.4 Å². The molecule has 1 unspecified atom stereocenters. The molecule has 112 valence electrons. The number of nitrogens with zero attached hydrogens (tertiary/aromatic N) is 2. The molecule has 1 aromatic rings. The minimum absolute atomic E-state index is 0.000440. The van der Waals surface area contributed by atoms with E-state index >= 15 is 0 Å². The molecule has 0 radical (unpaired) electrons. The molecule has 1 fully saturated rings. The maximum absolute atomic E-state index is 12.6. The van der Waals surface area contributed by atoms with Gasteiger partial charge in [0, 0.05) is 19.0 Å². The average Bonchev–Trinajstić information content (AvgIpc) is 2.87. The summed E-state index contributed by atoms with van der Waals surface area (Å²) in [7, 11) is -3.51. The first-order valence-electron chi connectivity index (χ1n) is 6.91. The summed E-state index contributed by atoms with van der Waals surface area (Å²) >= 11 is 0. The lowest BCUT2D eigenvalue weighted by Crippen LogP contribution is -2.37. The average molecular weight is 306 g/mol. The molecule has 0 amide bonds. The van der Waals surface area contributed by atoms with E-state index in [4.69, 9.17) is 5.26 Å². The van der Waals surface area contributed by atoms with Crippen LogP contribution >= 0.6 is 0 Å². The van der Waals surface area contributed by atoms with Crippen LogP contribution < -0.4 is 0 Å². The second-order valence-corrected chi connectivity index (χ2v) is 7.26. The van der Waals surface area contributed by atoms with Gasteiger partial charge in [0.1, 0.15) is 5.78 Å². The van der Waals surface area contributed by atoms with Gasteiger partial charge >= 0.3 is 0 Å². The van der Waals surface area contributed by atoms with Crippen LogP contribution in [0.4, 0.5) is 0 Å². The largest absolute Gasteiger partial charge is 0.300 e. The summed E-state index contributed by atoms with van der Waals surface area (Å²) in [5.41, 5.74) is 0.886. The standard InChI is InChI=1S/C15H18N2O3S/c1-12(18)9-15-7-4-8-17(15)21(19,20)11-14-6-3-2-5-13(14)10-16/h2-3,5-6,15H,4,7-9,11H2,1H3. The second kappa shape index (κ2) is 6.37. The molecule has 21 heavy (non-hydrogen) atoms. The number of nitriles is 1. The number of benzene rings is 1. The molecule has 1 saturated heterocycles. The smallest absolute Gasteiger partial charge is 0.218 e. The number of sulfonamides is 1. The Labute approximate surface area is 125 Å². The number of carbonyl (C=O) groups excluding carboxylic acids is 1. The van der Waals surface area contributed by atoms with Gasteiger partial charge < -0.3 is 0 Å². The maximum Gasteiger partial charge on any atom is 0.218 e. The van der Waals surface area contributed by atoms with E-state index in [1.165, 1.54) is 11.2 Å². The fourth-order valence-electron chi connectivity index (χ4n) is 2.75. The van der Waals surface area contributed by atoms with Crippen LogP contribution in [-0.4, -0.2) is 31.1 Å². The highest BCUT2D eigenvalue weighted by atomic mass is 32.2. The predicted octanol–water partition coefficient (Wildman–Crippen LogP) is 1.83. The lowest BCUT2D eigenvalue weighted by atomic mass is 10.1. The van der Waals surface area contributed by atoms with Crippen molar-refractivity contribution in [3.63, 3.8) is 0 Å². The van der Waals surface area contributed by atoms with Crippen molar-refractivity contribution in [3.8, 4) is 6.07 Å². The van der Waals surface area contributed by atoms with Gasteiger partial charge in [-0.15, -0.1) is 0 Å². The van der Waals surface area contributed by atoms with E-state index in [2.05, 4.69) is 0 Å². The molecule has 0 N–H and O–H groups in total. The van der Waals surface area contributed by atoms with E-state index < -0.39 is 10.0 Å². The van der Waals surface area contributed by atoms with Crippen LogP contribution in [0.3, 0.4) is 0 Å². The molecule has 0 saturated carbocycles. The molecule has 1 heterocycles. The summed E-state index contributed by atoms with van der Waals surface area (Å²) in [4.78, 5) is 11.3. The molecule has 0 aliphatic carbocycles. The third kappa shape index (κ3) is 3.69. The molecule has 5 nitrogen and oxygen atoms in total. The van der Waals surface area contributed by atoms with Crippen molar-refractivity contribution in [2.24, 2.45) is 0 Å². The summed E-state index contributed by atoms with van der Waals surface area (Å²) in [6.07, 6.45) is 1.76. The number of Topliss-reactive ketones (excluding diaryl/α,β-unsaturated/α-hetero) is 1. The Bertz CT molecular complexity index is 676. The van der Waals surface area contributed by atoms with E-state index in [0.29, 0.717) is 17.7 Å². The van der Waals surface area contributed by atoms with Crippen LogP contribution in [0.2, 0.25) is 0 Å². The molecule has 0 aromatic heterocycles. The molecular weight excluding hydrogens is 288 g/mol. The van der Waals surface area contributed by atoms with Gasteiger partial charge in [0.15, 0.2) is 0 Å². The zero-order valence-corrected chi connectivity index (χ0v) is 12.8. The van der Waals surface area contributed by atoms with Crippen molar-refractivity contribution in [1.29, 1.82) is 5.26 Å². The van der Waals surface area contributed by atoms with Crippen LogP contribution in [0.1, 0.15) is 37.3 Å². The summed E-state index contributed by atoms with van der Waals surface area (Å²) in [6, 6.07) is 8.49. The monoisotopic (exact) mass is 306 g/mol. The van der Waals surface area contributed by atoms with Gasteiger partial charge in [-0.25, -0.2) is 8.42 Å². The van der Waals surface area contributed by atoms with Crippen molar-refractivity contribution in [2.45, 2.75) is 38.0 Å². The van der Waals surface area contributed by atoms with E-state index in [9.17, 15) is 13.2 Å². The first-order chi connectivity index (χ1) is 9.94. The van der Waals surface area contributed by atoms with Crippen LogP contribution in [0.5, 0.6) is 0 Å². The van der Waals surface area contributed by atoms with Crippen LogP contribution in [0.15, 0.2) is 24.3 Å². The fraction of sp³-hybridized carbons (Fsp3) is 0.467. The molecule has 1 aliphatic heterocycles. The summed E-state index contributed by atoms with van der Waals surface area (Å²) in [5, 5.41) is 9.05. The van der Waals surface area contributed by atoms with Crippen molar-refractivity contribution < 1.29 is 13.2 Å². The summed E-state index contributed by atoms with van der Waals surface area (Å²) in [6.45, 7) is 1.93. The predicted molar refractivity (Wildman–Crippen MR) is 78.8 cm³/mol. The van der Waals surface area contributed by atoms with Gasteiger partial charge in [0.2, 0.25) is 10.0 Å². The van der Waals surface area contributed by atoms with Gasteiger partial charge in [-0.2, -0.15) is 9.57 Å². The van der Waals surface area contributed by atoms with Crippen molar-refractivity contribution >= 4 is 15.8 Å². The SMILES string of the molecule is CC(=O)CC1CCCN1S(=O)(=O)Cc1ccccc1C#N. The first kappa shape index (κ1) is 15.7. The number of hydrogen-bond acceptors (Lipinski definition) is 4. The zero-order chi connectivity index (χ0) is 15.5.